The van der Waals surface area contributed by atoms with Crippen molar-refractivity contribution in [3.8, 4) is 0 Å². The van der Waals surface area contributed by atoms with Crippen LogP contribution in [0.2, 0.25) is 0 Å². The standard InChI is InChI=1S/C23H33N5O5/c1-14-11-27(22(32)33-23(3,4)5)12-15(2)28(14)13-20(30)25-16-6-8-18(24-10-16)17-7-9-19(29)26-21(17)31/h6,8,10,14-15,17H,7,9,11-13H2,1-5H3,(H,25,30)(H,26,29,31)/t14-,15+,17?. The molecule has 0 aromatic carbocycles. The van der Waals surface area contributed by atoms with Crippen molar-refractivity contribution in [1.82, 2.24) is 20.1 Å². The number of rotatable bonds is 4. The van der Waals surface area contributed by atoms with Crippen molar-refractivity contribution in [3.05, 3.63) is 24.0 Å². The summed E-state index contributed by atoms with van der Waals surface area (Å²) in [5, 5.41) is 5.16. The molecule has 0 bridgehead atoms. The molecule has 3 atom stereocenters. The number of aromatic nitrogens is 1. The molecule has 180 valence electrons. The number of pyridine rings is 1. The zero-order valence-corrected chi connectivity index (χ0v) is 19.9. The number of anilines is 1. The Hall–Kier alpha value is -3.01. The molecule has 33 heavy (non-hydrogen) atoms. The van der Waals surface area contributed by atoms with Crippen molar-refractivity contribution in [2.75, 3.05) is 25.0 Å². The number of hydrogen-bond acceptors (Lipinski definition) is 7. The lowest BCUT2D eigenvalue weighted by Crippen LogP contribution is -2.59. The van der Waals surface area contributed by atoms with Gasteiger partial charge < -0.3 is 15.0 Å². The second-order valence-electron chi connectivity index (χ2n) is 9.78. The normalized spacial score (nSPS) is 24.3. The summed E-state index contributed by atoms with van der Waals surface area (Å²) in [6, 6.07) is 3.37. The van der Waals surface area contributed by atoms with Crippen LogP contribution in [0.15, 0.2) is 18.3 Å². The van der Waals surface area contributed by atoms with Crippen LogP contribution in [0, 0.1) is 0 Å². The van der Waals surface area contributed by atoms with E-state index in [0.717, 1.165) is 0 Å². The Kier molecular flexibility index (Phi) is 7.36. The summed E-state index contributed by atoms with van der Waals surface area (Å²) in [5.41, 5.74) is 0.546. The number of carbonyl (C=O) groups is 4. The highest BCUT2D eigenvalue weighted by molar-refractivity contribution is 6.00. The zero-order valence-electron chi connectivity index (χ0n) is 19.9. The zero-order chi connectivity index (χ0) is 24.3. The molecule has 2 aliphatic rings. The van der Waals surface area contributed by atoms with Gasteiger partial charge in [-0.25, -0.2) is 4.79 Å². The van der Waals surface area contributed by atoms with Gasteiger partial charge in [-0.2, -0.15) is 0 Å². The summed E-state index contributed by atoms with van der Waals surface area (Å²) in [6.45, 7) is 10.6. The van der Waals surface area contributed by atoms with Gasteiger partial charge in [0.15, 0.2) is 0 Å². The number of piperazine rings is 1. The molecule has 0 spiro atoms. The molecule has 4 amide bonds. The van der Waals surface area contributed by atoms with Crippen LogP contribution in [0.1, 0.15) is 59.1 Å². The average Bonchev–Trinajstić information content (AvgIpc) is 2.70. The minimum absolute atomic E-state index is 0.0138. The SMILES string of the molecule is C[C@@H]1CN(C(=O)OC(C)(C)C)C[C@H](C)N1CC(=O)Nc1ccc(C2CCC(=O)NC2=O)nc1. The number of carbonyl (C=O) groups excluding carboxylic acids is 4. The van der Waals surface area contributed by atoms with Crippen molar-refractivity contribution in [2.24, 2.45) is 0 Å². The van der Waals surface area contributed by atoms with E-state index in [0.29, 0.717) is 30.9 Å². The van der Waals surface area contributed by atoms with Crippen LogP contribution < -0.4 is 10.6 Å². The summed E-state index contributed by atoms with van der Waals surface area (Å²) >= 11 is 0. The van der Waals surface area contributed by atoms with Crippen molar-refractivity contribution in [3.63, 3.8) is 0 Å². The predicted molar refractivity (Wildman–Crippen MR) is 121 cm³/mol. The van der Waals surface area contributed by atoms with E-state index in [9.17, 15) is 19.2 Å². The maximum atomic E-state index is 12.7. The van der Waals surface area contributed by atoms with Crippen LogP contribution >= 0.6 is 0 Å². The largest absolute Gasteiger partial charge is 0.444 e. The third kappa shape index (κ3) is 6.50. The maximum absolute atomic E-state index is 12.7. The van der Waals surface area contributed by atoms with Gasteiger partial charge in [0.1, 0.15) is 5.60 Å². The van der Waals surface area contributed by atoms with Gasteiger partial charge in [-0.1, -0.05) is 0 Å². The Morgan fingerprint density at radius 1 is 1.18 bits per heavy atom. The maximum Gasteiger partial charge on any atom is 0.410 e. The number of nitrogens with zero attached hydrogens (tertiary/aromatic N) is 3. The first kappa shape index (κ1) is 24.6. The van der Waals surface area contributed by atoms with Crippen molar-refractivity contribution in [1.29, 1.82) is 0 Å². The topological polar surface area (TPSA) is 121 Å². The molecular formula is C23H33N5O5. The first-order chi connectivity index (χ1) is 15.4. The van der Waals surface area contributed by atoms with Crippen LogP contribution in [0.4, 0.5) is 10.5 Å². The summed E-state index contributed by atoms with van der Waals surface area (Å²) in [7, 11) is 0. The summed E-state index contributed by atoms with van der Waals surface area (Å²) < 4.78 is 5.48. The Labute approximate surface area is 194 Å². The van der Waals surface area contributed by atoms with Crippen LogP contribution in [0.25, 0.3) is 0 Å². The highest BCUT2D eigenvalue weighted by atomic mass is 16.6. The van der Waals surface area contributed by atoms with E-state index >= 15 is 0 Å². The number of imide groups is 1. The molecule has 3 rings (SSSR count). The molecule has 10 nitrogen and oxygen atoms in total. The van der Waals surface area contributed by atoms with E-state index in [4.69, 9.17) is 4.74 Å². The number of piperidine rings is 1. The van der Waals surface area contributed by atoms with Gasteiger partial charge >= 0.3 is 6.09 Å². The van der Waals surface area contributed by atoms with E-state index < -0.39 is 11.5 Å². The van der Waals surface area contributed by atoms with E-state index in [1.54, 1.807) is 17.0 Å². The quantitative estimate of drug-likeness (QED) is 0.660. The summed E-state index contributed by atoms with van der Waals surface area (Å²) in [6.07, 6.45) is 1.89. The lowest BCUT2D eigenvalue weighted by atomic mass is 9.94. The molecule has 0 saturated carbocycles. The van der Waals surface area contributed by atoms with E-state index in [1.807, 2.05) is 34.6 Å². The van der Waals surface area contributed by atoms with Gasteiger partial charge in [0.25, 0.3) is 0 Å². The second kappa shape index (κ2) is 9.86. The molecule has 1 aromatic rings. The third-order valence-corrected chi connectivity index (χ3v) is 5.75. The molecule has 0 radical (unpaired) electrons. The van der Waals surface area contributed by atoms with Crippen molar-refractivity contribution < 1.29 is 23.9 Å². The molecule has 10 heteroatoms. The van der Waals surface area contributed by atoms with Gasteiger partial charge in [-0.15, -0.1) is 0 Å². The third-order valence-electron chi connectivity index (χ3n) is 5.75. The van der Waals surface area contributed by atoms with Crippen molar-refractivity contribution >= 4 is 29.5 Å². The smallest absolute Gasteiger partial charge is 0.410 e. The monoisotopic (exact) mass is 459 g/mol. The fourth-order valence-electron chi connectivity index (χ4n) is 4.17. The summed E-state index contributed by atoms with van der Waals surface area (Å²) in [5.74, 6) is -1.26. The fraction of sp³-hybridized carbons (Fsp3) is 0.609. The first-order valence-electron chi connectivity index (χ1n) is 11.3. The molecular weight excluding hydrogens is 426 g/mol. The molecule has 2 fully saturated rings. The molecule has 1 unspecified atom stereocenters. The second-order valence-corrected chi connectivity index (χ2v) is 9.78. The summed E-state index contributed by atoms with van der Waals surface area (Å²) in [4.78, 5) is 56.4. The highest BCUT2D eigenvalue weighted by Gasteiger charge is 2.35. The molecule has 2 aliphatic heterocycles. The minimum atomic E-state index is -0.553. The van der Waals surface area contributed by atoms with E-state index in [2.05, 4.69) is 20.5 Å². The van der Waals surface area contributed by atoms with Gasteiger partial charge in [0, 0.05) is 31.6 Å². The number of hydrogen-bond donors (Lipinski definition) is 2. The molecule has 3 heterocycles. The Bertz CT molecular complexity index is 899. The lowest BCUT2D eigenvalue weighted by molar-refractivity contribution is -0.134. The predicted octanol–water partition coefficient (Wildman–Crippen LogP) is 1.87. The molecule has 1 aromatic heterocycles. The Morgan fingerprint density at radius 2 is 1.85 bits per heavy atom. The first-order valence-corrected chi connectivity index (χ1v) is 11.3. The van der Waals surface area contributed by atoms with Gasteiger partial charge in [0.05, 0.1) is 30.0 Å². The fourth-order valence-corrected chi connectivity index (χ4v) is 4.17. The van der Waals surface area contributed by atoms with Gasteiger partial charge in [0.2, 0.25) is 17.7 Å². The van der Waals surface area contributed by atoms with E-state index in [1.165, 1.54) is 6.20 Å². The van der Waals surface area contributed by atoms with Crippen LogP contribution in [0.3, 0.4) is 0 Å². The number of ether oxygens (including phenoxy) is 1. The number of nitrogens with one attached hydrogen (secondary N) is 2. The molecule has 0 aliphatic carbocycles. The van der Waals surface area contributed by atoms with E-state index in [-0.39, 0.29) is 48.9 Å². The highest BCUT2D eigenvalue weighted by Crippen LogP contribution is 2.24. The molecule has 2 N–H and O–H groups in total. The average molecular weight is 460 g/mol. The van der Waals surface area contributed by atoms with Crippen molar-refractivity contribution in [2.45, 2.75) is 71.1 Å². The van der Waals surface area contributed by atoms with Crippen LogP contribution in [0.5, 0.6) is 0 Å². The Morgan fingerprint density at radius 3 is 2.39 bits per heavy atom. The Balaban J connectivity index is 1.54. The van der Waals surface area contributed by atoms with Crippen LogP contribution in [-0.2, 0) is 19.1 Å². The molecule has 2 saturated heterocycles. The number of amides is 4. The minimum Gasteiger partial charge on any atom is -0.444 e. The lowest BCUT2D eigenvalue weighted by Gasteiger charge is -2.44. The van der Waals surface area contributed by atoms with Gasteiger partial charge in [-0.3, -0.25) is 29.6 Å². The van der Waals surface area contributed by atoms with Gasteiger partial charge in [-0.05, 0) is 53.2 Å². The van der Waals surface area contributed by atoms with Crippen LogP contribution in [-0.4, -0.2) is 75.9 Å².